The molecule has 5 aromatic rings. The average Bonchev–Trinajstić information content (AvgIpc) is 3.42. The van der Waals surface area contributed by atoms with E-state index in [0.29, 0.717) is 17.1 Å². The third kappa shape index (κ3) is 5.32. The van der Waals surface area contributed by atoms with Crippen molar-refractivity contribution in [3.05, 3.63) is 93.8 Å². The number of hydrogen-bond donors (Lipinski definition) is 3. The summed E-state index contributed by atoms with van der Waals surface area (Å²) in [6.07, 6.45) is -0.100. The predicted octanol–water partition coefficient (Wildman–Crippen LogP) is 3.91. The quantitative estimate of drug-likeness (QED) is 0.285. The lowest BCUT2D eigenvalue weighted by molar-refractivity contribution is 0.189. The highest BCUT2D eigenvalue weighted by Crippen LogP contribution is 2.25. The highest BCUT2D eigenvalue weighted by Gasteiger charge is 2.25. The SMILES string of the molecule is CC(C)c1ccc(-n2c(C(Cc3cc(F)cc(F)c3)NC(=O)O)nc3cc(-c4nnn[nH]4)ccc3c2=O)cn1. The topological polar surface area (TPSA) is 152 Å². The lowest BCUT2D eigenvalue weighted by atomic mass is 10.0. The van der Waals surface area contributed by atoms with Gasteiger partial charge in [0.15, 0.2) is 5.82 Å². The Morgan fingerprint density at radius 2 is 1.87 bits per heavy atom. The molecular weight excluding hydrogens is 510 g/mol. The number of rotatable bonds is 7. The predicted molar refractivity (Wildman–Crippen MR) is 136 cm³/mol. The number of fused-ring (bicyclic) bond motifs is 1. The number of carboxylic acid groups (broad SMARTS) is 1. The van der Waals surface area contributed by atoms with Crippen molar-refractivity contribution in [3.63, 3.8) is 0 Å². The lowest BCUT2D eigenvalue weighted by Crippen LogP contribution is -2.35. The molecule has 3 N–H and O–H groups in total. The van der Waals surface area contributed by atoms with Gasteiger partial charge >= 0.3 is 6.09 Å². The number of hydrogen-bond acceptors (Lipinski definition) is 7. The van der Waals surface area contributed by atoms with Crippen LogP contribution in [0.1, 0.15) is 42.9 Å². The Morgan fingerprint density at radius 3 is 2.49 bits per heavy atom. The smallest absolute Gasteiger partial charge is 0.405 e. The molecule has 0 saturated heterocycles. The van der Waals surface area contributed by atoms with E-state index in [4.69, 9.17) is 0 Å². The van der Waals surface area contributed by atoms with Crippen molar-refractivity contribution in [3.8, 4) is 17.1 Å². The fourth-order valence-electron chi connectivity index (χ4n) is 4.31. The van der Waals surface area contributed by atoms with Crippen LogP contribution in [0, 0.1) is 11.6 Å². The highest BCUT2D eigenvalue weighted by molar-refractivity contribution is 5.82. The molecule has 13 heteroatoms. The molecule has 1 amide bonds. The van der Waals surface area contributed by atoms with Crippen LogP contribution in [0.2, 0.25) is 0 Å². The van der Waals surface area contributed by atoms with Gasteiger partial charge in [0.2, 0.25) is 0 Å². The summed E-state index contributed by atoms with van der Waals surface area (Å²) in [5.41, 5.74) is 1.61. The maximum atomic E-state index is 14.0. The minimum atomic E-state index is -1.41. The summed E-state index contributed by atoms with van der Waals surface area (Å²) >= 11 is 0. The number of aromatic amines is 1. The van der Waals surface area contributed by atoms with E-state index in [9.17, 15) is 23.5 Å². The molecule has 2 aromatic carbocycles. The zero-order valence-corrected chi connectivity index (χ0v) is 20.8. The average molecular weight is 533 g/mol. The summed E-state index contributed by atoms with van der Waals surface area (Å²) in [6, 6.07) is 10.0. The third-order valence-electron chi connectivity index (χ3n) is 6.11. The first-order chi connectivity index (χ1) is 18.7. The van der Waals surface area contributed by atoms with Gasteiger partial charge < -0.3 is 10.4 Å². The number of amides is 1. The Hall–Kier alpha value is -5.07. The van der Waals surface area contributed by atoms with Gasteiger partial charge in [-0.15, -0.1) is 5.10 Å². The highest BCUT2D eigenvalue weighted by atomic mass is 19.1. The van der Waals surface area contributed by atoms with Crippen molar-refractivity contribution in [2.75, 3.05) is 0 Å². The Kier molecular flexibility index (Phi) is 6.79. The van der Waals surface area contributed by atoms with Crippen molar-refractivity contribution in [2.24, 2.45) is 0 Å². The van der Waals surface area contributed by atoms with Crippen LogP contribution >= 0.6 is 0 Å². The maximum absolute atomic E-state index is 14.0. The molecule has 1 unspecified atom stereocenters. The largest absolute Gasteiger partial charge is 0.465 e. The van der Waals surface area contributed by atoms with Crippen LogP contribution in [0.5, 0.6) is 0 Å². The van der Waals surface area contributed by atoms with Crippen LogP contribution in [0.3, 0.4) is 0 Å². The number of carbonyl (C=O) groups is 1. The van der Waals surface area contributed by atoms with E-state index >= 15 is 0 Å². The fraction of sp³-hybridized carbons (Fsp3) is 0.192. The minimum absolute atomic E-state index is 0.00603. The maximum Gasteiger partial charge on any atom is 0.405 e. The van der Waals surface area contributed by atoms with Gasteiger partial charge in [-0.2, -0.15) is 0 Å². The number of H-pyrrole nitrogens is 1. The summed E-state index contributed by atoms with van der Waals surface area (Å²) in [5, 5.41) is 25.9. The number of nitrogens with one attached hydrogen (secondary N) is 2. The van der Waals surface area contributed by atoms with Gasteiger partial charge in [0.05, 0.1) is 28.8 Å². The zero-order chi connectivity index (χ0) is 27.7. The molecule has 5 rings (SSSR count). The van der Waals surface area contributed by atoms with Gasteiger partial charge in [0.1, 0.15) is 17.5 Å². The number of nitrogens with zero attached hydrogens (tertiary/aromatic N) is 6. The zero-order valence-electron chi connectivity index (χ0n) is 20.8. The van der Waals surface area contributed by atoms with Crippen LogP contribution in [0.4, 0.5) is 13.6 Å². The van der Waals surface area contributed by atoms with Crippen LogP contribution in [0.15, 0.2) is 59.5 Å². The molecule has 3 aromatic heterocycles. The molecule has 0 radical (unpaired) electrons. The summed E-state index contributed by atoms with van der Waals surface area (Å²) in [4.78, 5) is 34.8. The summed E-state index contributed by atoms with van der Waals surface area (Å²) in [6.45, 7) is 3.95. The van der Waals surface area contributed by atoms with Crippen LogP contribution in [-0.2, 0) is 6.42 Å². The first-order valence-electron chi connectivity index (χ1n) is 11.9. The molecule has 0 aliphatic heterocycles. The summed E-state index contributed by atoms with van der Waals surface area (Å²) in [7, 11) is 0. The minimum Gasteiger partial charge on any atom is -0.465 e. The number of pyridine rings is 1. The molecule has 0 saturated carbocycles. The fourth-order valence-corrected chi connectivity index (χ4v) is 4.31. The molecule has 0 fully saturated rings. The van der Waals surface area contributed by atoms with Gasteiger partial charge in [-0.3, -0.25) is 14.3 Å². The monoisotopic (exact) mass is 532 g/mol. The summed E-state index contributed by atoms with van der Waals surface area (Å²) in [5.74, 6) is -1.15. The van der Waals surface area contributed by atoms with Crippen molar-refractivity contribution in [2.45, 2.75) is 32.2 Å². The van der Waals surface area contributed by atoms with Gasteiger partial charge in [-0.25, -0.2) is 23.7 Å². The Labute approximate surface area is 219 Å². The molecule has 11 nitrogen and oxygen atoms in total. The van der Waals surface area contributed by atoms with E-state index in [1.165, 1.54) is 10.8 Å². The molecule has 198 valence electrons. The van der Waals surface area contributed by atoms with E-state index < -0.39 is 29.3 Å². The first kappa shape index (κ1) is 25.6. The van der Waals surface area contributed by atoms with E-state index in [1.807, 2.05) is 13.8 Å². The summed E-state index contributed by atoms with van der Waals surface area (Å²) < 4.78 is 29.2. The van der Waals surface area contributed by atoms with Crippen LogP contribution in [0.25, 0.3) is 28.0 Å². The number of halogens is 2. The third-order valence-corrected chi connectivity index (χ3v) is 6.11. The molecule has 1 atom stereocenters. The second kappa shape index (κ2) is 10.4. The van der Waals surface area contributed by atoms with E-state index in [-0.39, 0.29) is 34.6 Å². The van der Waals surface area contributed by atoms with E-state index in [1.54, 1.807) is 30.3 Å². The number of benzene rings is 2. The Balaban J connectivity index is 1.74. The van der Waals surface area contributed by atoms with Crippen LogP contribution in [-0.4, -0.2) is 46.4 Å². The second-order valence-corrected chi connectivity index (χ2v) is 9.17. The Bertz CT molecular complexity index is 1700. The normalized spacial score (nSPS) is 12.1. The molecular formula is C26H22F2N8O3. The molecule has 0 bridgehead atoms. The van der Waals surface area contributed by atoms with Crippen LogP contribution < -0.4 is 10.9 Å². The van der Waals surface area contributed by atoms with Crippen molar-refractivity contribution in [1.29, 1.82) is 0 Å². The van der Waals surface area contributed by atoms with Gasteiger partial charge in [-0.05, 0) is 58.3 Å². The standard InChI is InChI=1S/C26H22F2N8O3/c1-13(2)20-6-4-18(12-29-20)36-24(22(31-26(38)39)9-14-7-16(27)11-17(28)8-14)30-21-10-15(23-32-34-35-33-23)3-5-19(21)25(36)37/h3-8,10-13,22,31H,9H2,1-2H3,(H,38,39)(H,32,33,34,35). The number of aromatic nitrogens is 7. The van der Waals surface area contributed by atoms with Gasteiger partial charge in [0.25, 0.3) is 5.56 Å². The number of tetrazole rings is 1. The molecule has 0 aliphatic rings. The van der Waals surface area contributed by atoms with E-state index in [0.717, 1.165) is 23.9 Å². The van der Waals surface area contributed by atoms with Gasteiger partial charge in [-0.1, -0.05) is 19.9 Å². The van der Waals surface area contributed by atoms with Crippen molar-refractivity contribution in [1.82, 2.24) is 40.5 Å². The molecule has 3 heterocycles. The first-order valence-corrected chi connectivity index (χ1v) is 11.9. The van der Waals surface area contributed by atoms with E-state index in [2.05, 4.69) is 35.9 Å². The van der Waals surface area contributed by atoms with Gasteiger partial charge in [0, 0.05) is 23.7 Å². The van der Waals surface area contributed by atoms with Crippen molar-refractivity contribution < 1.29 is 18.7 Å². The molecule has 0 spiro atoms. The lowest BCUT2D eigenvalue weighted by Gasteiger charge is -2.22. The molecule has 0 aliphatic carbocycles. The van der Waals surface area contributed by atoms with Crippen molar-refractivity contribution >= 4 is 17.0 Å². The second-order valence-electron chi connectivity index (χ2n) is 9.17. The molecule has 39 heavy (non-hydrogen) atoms. The Morgan fingerprint density at radius 1 is 1.10 bits per heavy atom.